The molecule has 1 aliphatic carbocycles. The van der Waals surface area contributed by atoms with Gasteiger partial charge in [0, 0.05) is 18.2 Å². The van der Waals surface area contributed by atoms with E-state index < -0.39 is 42.8 Å². The Balaban J connectivity index is 1.55. The number of alkyl halides is 2. The van der Waals surface area contributed by atoms with Gasteiger partial charge in [0.2, 0.25) is 5.89 Å². The first-order valence-electron chi connectivity index (χ1n) is 11.1. The molecule has 9 nitrogen and oxygen atoms in total. The Hall–Kier alpha value is -3.58. The summed E-state index contributed by atoms with van der Waals surface area (Å²) in [6.07, 6.45) is 3.24. The summed E-state index contributed by atoms with van der Waals surface area (Å²) in [4.78, 5) is 17.0. The maximum atomic E-state index is 14.0. The number of allylic oxidation sites excluding steroid dienone is 2. The van der Waals surface area contributed by atoms with Crippen LogP contribution in [0.25, 0.3) is 11.5 Å². The van der Waals surface area contributed by atoms with Gasteiger partial charge in [-0.2, -0.15) is 8.78 Å². The molecule has 2 aromatic rings. The Kier molecular flexibility index (Phi) is 7.50. The molecule has 194 valence electrons. The van der Waals surface area contributed by atoms with Gasteiger partial charge in [-0.25, -0.2) is 18.8 Å². The van der Waals surface area contributed by atoms with Crippen LogP contribution in [0.15, 0.2) is 46.5 Å². The monoisotopic (exact) mass is 512 g/mol. The van der Waals surface area contributed by atoms with Gasteiger partial charge in [-0.1, -0.05) is 0 Å². The minimum Gasteiger partial charge on any atom is -0.489 e. The fourth-order valence-electron chi connectivity index (χ4n) is 3.44. The number of halogens is 4. The van der Waals surface area contributed by atoms with Crippen LogP contribution >= 0.6 is 0 Å². The van der Waals surface area contributed by atoms with Crippen LogP contribution in [0.1, 0.15) is 42.1 Å². The van der Waals surface area contributed by atoms with Crippen molar-refractivity contribution in [1.29, 1.82) is 0 Å². The molecule has 36 heavy (non-hydrogen) atoms. The van der Waals surface area contributed by atoms with Crippen LogP contribution < -0.4 is 20.5 Å². The molecule has 2 aliphatic rings. The number of nitrogens with two attached hydrogens (primary N) is 1. The zero-order valence-electron chi connectivity index (χ0n) is 19.1. The first kappa shape index (κ1) is 25.5. The van der Waals surface area contributed by atoms with E-state index in [2.05, 4.69) is 15.0 Å². The minimum absolute atomic E-state index is 0.0160. The lowest BCUT2D eigenvalue weighted by atomic mass is 10.1. The maximum absolute atomic E-state index is 14.0. The lowest BCUT2D eigenvalue weighted by Gasteiger charge is -2.26. The molecule has 0 bridgehead atoms. The van der Waals surface area contributed by atoms with Crippen LogP contribution in [0.4, 0.5) is 17.6 Å². The molecule has 1 aromatic carbocycles. The number of benzene rings is 1. The number of nitrogens with zero attached hydrogens (tertiary/aromatic N) is 2. The molecule has 0 saturated heterocycles. The standard InChI is InChI=1S/C23H24F4N4O5/c1-11(28)20-19(21(32)29-8-16-15(25)7-14(24)9-31(16)33)30-22(36-20)13-4-5-17(35-23(26)27)18(6-13)34-10-12-2-3-12/h4-7,9,11-12,16,23,33H,2-3,8,10,28H2,1H3,(H,29,32)/t11-,16?/m0/s1. The van der Waals surface area contributed by atoms with Crippen molar-refractivity contribution in [2.45, 2.75) is 38.5 Å². The number of carbonyl (C=O) groups excluding carboxylic acids is 1. The molecule has 1 fully saturated rings. The summed E-state index contributed by atoms with van der Waals surface area (Å²) in [5.41, 5.74) is 6.05. The molecule has 1 aromatic heterocycles. The summed E-state index contributed by atoms with van der Waals surface area (Å²) in [6.45, 7) is -1.58. The van der Waals surface area contributed by atoms with E-state index in [9.17, 15) is 27.6 Å². The second kappa shape index (κ2) is 10.6. The molecule has 1 unspecified atom stereocenters. The molecule has 1 amide bonds. The van der Waals surface area contributed by atoms with Crippen molar-refractivity contribution < 1.29 is 41.5 Å². The fraction of sp³-hybridized carbons (Fsp3) is 0.391. The van der Waals surface area contributed by atoms with E-state index in [1.807, 2.05) is 0 Å². The largest absolute Gasteiger partial charge is 0.489 e. The summed E-state index contributed by atoms with van der Waals surface area (Å²) >= 11 is 0. The molecule has 1 saturated carbocycles. The van der Waals surface area contributed by atoms with Gasteiger partial charge in [-0.15, -0.1) is 0 Å². The van der Waals surface area contributed by atoms with Gasteiger partial charge in [-0.05, 0) is 43.9 Å². The number of aromatic nitrogens is 1. The molecular formula is C23H24F4N4O5. The van der Waals surface area contributed by atoms with E-state index in [4.69, 9.17) is 14.9 Å². The highest BCUT2D eigenvalue weighted by Gasteiger charge is 2.29. The van der Waals surface area contributed by atoms with Crippen molar-refractivity contribution in [2.24, 2.45) is 11.7 Å². The number of nitrogens with one attached hydrogen (secondary N) is 1. The predicted octanol–water partition coefficient (Wildman–Crippen LogP) is 4.22. The van der Waals surface area contributed by atoms with Gasteiger partial charge >= 0.3 is 6.61 Å². The Labute approximate surface area is 203 Å². The molecular weight excluding hydrogens is 488 g/mol. The number of ether oxygens (including phenoxy) is 2. The van der Waals surface area contributed by atoms with Gasteiger partial charge in [0.15, 0.2) is 23.0 Å². The number of hydrogen-bond acceptors (Lipinski definition) is 8. The van der Waals surface area contributed by atoms with Crippen LogP contribution in [0.3, 0.4) is 0 Å². The maximum Gasteiger partial charge on any atom is 0.387 e. The number of oxazole rings is 1. The average molecular weight is 512 g/mol. The van der Waals surface area contributed by atoms with E-state index in [-0.39, 0.29) is 28.8 Å². The molecule has 0 spiro atoms. The summed E-state index contributed by atoms with van der Waals surface area (Å²) in [5, 5.41) is 12.4. The van der Waals surface area contributed by atoms with Crippen molar-refractivity contribution in [3.63, 3.8) is 0 Å². The van der Waals surface area contributed by atoms with Crippen molar-refractivity contribution in [3.8, 4) is 23.0 Å². The van der Waals surface area contributed by atoms with Crippen LogP contribution in [0.5, 0.6) is 11.5 Å². The number of carbonyl (C=O) groups is 1. The lowest BCUT2D eigenvalue weighted by molar-refractivity contribution is -0.0756. The first-order valence-corrected chi connectivity index (χ1v) is 11.1. The van der Waals surface area contributed by atoms with Crippen molar-refractivity contribution in [2.75, 3.05) is 13.2 Å². The van der Waals surface area contributed by atoms with Crippen LogP contribution in [-0.4, -0.2) is 47.0 Å². The van der Waals surface area contributed by atoms with Crippen molar-refractivity contribution in [1.82, 2.24) is 15.4 Å². The second-order valence-corrected chi connectivity index (χ2v) is 8.46. The molecule has 1 aliphatic heterocycles. The molecule has 2 atom stereocenters. The van der Waals surface area contributed by atoms with E-state index in [1.165, 1.54) is 18.2 Å². The average Bonchev–Trinajstić information content (AvgIpc) is 3.52. The van der Waals surface area contributed by atoms with Crippen LogP contribution in [0.2, 0.25) is 0 Å². The highest BCUT2D eigenvalue weighted by molar-refractivity contribution is 5.94. The third-order valence-corrected chi connectivity index (χ3v) is 5.49. The zero-order chi connectivity index (χ0) is 26.0. The van der Waals surface area contributed by atoms with Gasteiger partial charge in [0.1, 0.15) is 17.7 Å². The van der Waals surface area contributed by atoms with Crippen molar-refractivity contribution >= 4 is 5.91 Å². The quantitative estimate of drug-likeness (QED) is 0.405. The van der Waals surface area contributed by atoms with E-state index in [1.54, 1.807) is 6.92 Å². The third kappa shape index (κ3) is 5.97. The van der Waals surface area contributed by atoms with Crippen molar-refractivity contribution in [3.05, 3.63) is 53.6 Å². The topological polar surface area (TPSA) is 123 Å². The predicted molar refractivity (Wildman–Crippen MR) is 118 cm³/mol. The lowest BCUT2D eigenvalue weighted by Crippen LogP contribution is -2.42. The normalized spacial score (nSPS) is 18.6. The van der Waals surface area contributed by atoms with Gasteiger partial charge in [-0.3, -0.25) is 10.0 Å². The summed E-state index contributed by atoms with van der Waals surface area (Å²) < 4.78 is 68.7. The first-order chi connectivity index (χ1) is 17.1. The molecule has 0 radical (unpaired) electrons. The Morgan fingerprint density at radius 1 is 1.33 bits per heavy atom. The Morgan fingerprint density at radius 3 is 2.72 bits per heavy atom. The summed E-state index contributed by atoms with van der Waals surface area (Å²) in [6, 6.07) is 1.99. The molecule has 4 N–H and O–H groups in total. The number of rotatable bonds is 10. The fourth-order valence-corrected chi connectivity index (χ4v) is 3.44. The minimum atomic E-state index is -3.05. The summed E-state index contributed by atoms with van der Waals surface area (Å²) in [5.74, 6) is -2.52. The SMILES string of the molecule is C[C@H](N)c1oc(-c2ccc(OC(F)F)c(OCC3CC3)c2)nc1C(=O)NCC1C(F)=CC(F)=CN1O. The number of hydroxylamine groups is 2. The highest BCUT2D eigenvalue weighted by atomic mass is 19.3. The molecule has 2 heterocycles. The number of hydrogen-bond donors (Lipinski definition) is 3. The second-order valence-electron chi connectivity index (χ2n) is 8.46. The molecule has 4 rings (SSSR count). The zero-order valence-corrected chi connectivity index (χ0v) is 19.1. The third-order valence-electron chi connectivity index (χ3n) is 5.49. The van der Waals surface area contributed by atoms with Crippen LogP contribution in [-0.2, 0) is 0 Å². The number of amides is 1. The highest BCUT2D eigenvalue weighted by Crippen LogP contribution is 2.37. The Bertz CT molecular complexity index is 1180. The van der Waals surface area contributed by atoms with Gasteiger partial charge in [0.05, 0.1) is 18.8 Å². The smallest absolute Gasteiger partial charge is 0.387 e. The Morgan fingerprint density at radius 2 is 2.08 bits per heavy atom. The summed E-state index contributed by atoms with van der Waals surface area (Å²) in [7, 11) is 0. The van der Waals surface area contributed by atoms with Gasteiger partial charge in [0.25, 0.3) is 5.91 Å². The van der Waals surface area contributed by atoms with Crippen LogP contribution in [0, 0.1) is 5.92 Å². The van der Waals surface area contributed by atoms with E-state index >= 15 is 0 Å². The molecule has 13 heteroatoms. The van der Waals surface area contributed by atoms with E-state index in [0.29, 0.717) is 35.4 Å². The van der Waals surface area contributed by atoms with Gasteiger partial charge < -0.3 is 24.9 Å². The van der Waals surface area contributed by atoms with E-state index in [0.717, 1.165) is 12.8 Å².